The largest absolute Gasteiger partial charge is 0.455 e. The molecule has 0 aliphatic heterocycles. The Labute approximate surface area is 239 Å². The number of anilines is 1. The van der Waals surface area contributed by atoms with Crippen molar-refractivity contribution >= 4 is 38.2 Å². The molecule has 3 aromatic heterocycles. The molecule has 9 nitrogen and oxygen atoms in total. The van der Waals surface area contributed by atoms with E-state index in [2.05, 4.69) is 10.3 Å². The van der Waals surface area contributed by atoms with Gasteiger partial charge >= 0.3 is 0 Å². The number of hydrogen-bond acceptors (Lipinski definition) is 6. The Morgan fingerprint density at radius 3 is 2.19 bits per heavy atom. The van der Waals surface area contributed by atoms with E-state index in [-0.39, 0.29) is 28.4 Å². The molecule has 0 aliphatic rings. The summed E-state index contributed by atoms with van der Waals surface area (Å²) in [4.78, 5) is 17.7. The fourth-order valence-electron chi connectivity index (χ4n) is 4.72. The lowest BCUT2D eigenvalue weighted by Crippen LogP contribution is -2.25. The van der Waals surface area contributed by atoms with E-state index in [9.17, 15) is 22.0 Å². The van der Waals surface area contributed by atoms with Gasteiger partial charge < -0.3 is 9.73 Å². The minimum absolute atomic E-state index is 0.205. The lowest BCUT2D eigenvalue weighted by atomic mass is 10.0. The number of aromatic nitrogens is 3. The molecular formula is C30H23F2N5O4S. The van der Waals surface area contributed by atoms with Crippen molar-refractivity contribution in [2.24, 2.45) is 0 Å². The van der Waals surface area contributed by atoms with Crippen LogP contribution >= 0.6 is 0 Å². The number of furan rings is 1. The van der Waals surface area contributed by atoms with E-state index in [1.165, 1.54) is 56.6 Å². The number of benzene rings is 3. The van der Waals surface area contributed by atoms with Gasteiger partial charge in [0, 0.05) is 42.2 Å². The summed E-state index contributed by atoms with van der Waals surface area (Å²) in [6.07, 6.45) is 2.76. The standard InChI is InChI=1S/C30H23F2N5O4S/c1-33-30(38)28-22-14-21(23-12-13-27-34-24(16-37(27)35-23)17-4-8-19(31)9-5-17)25(36(2)42(3,39)40)15-26(22)41-29(28)18-6-10-20(32)11-7-18/h4-16H,1-3H3,(H,33,38). The van der Waals surface area contributed by atoms with Gasteiger partial charge in [-0.1, -0.05) is 0 Å². The van der Waals surface area contributed by atoms with E-state index < -0.39 is 21.7 Å². The second-order valence-corrected chi connectivity index (χ2v) is 11.7. The second-order valence-electron chi connectivity index (χ2n) is 9.64. The fraction of sp³-hybridized carbons (Fsp3) is 0.100. The van der Waals surface area contributed by atoms with Crippen LogP contribution in [0, 0.1) is 11.6 Å². The molecule has 0 saturated heterocycles. The molecule has 3 aromatic carbocycles. The van der Waals surface area contributed by atoms with Crippen molar-refractivity contribution in [3.8, 4) is 33.8 Å². The topological polar surface area (TPSA) is 110 Å². The lowest BCUT2D eigenvalue weighted by molar-refractivity contribution is 0.0964. The Morgan fingerprint density at radius 1 is 0.929 bits per heavy atom. The Kier molecular flexibility index (Phi) is 6.49. The highest BCUT2D eigenvalue weighted by atomic mass is 32.2. The van der Waals surface area contributed by atoms with Gasteiger partial charge in [0.05, 0.1) is 35.1 Å². The Morgan fingerprint density at radius 2 is 1.57 bits per heavy atom. The average molecular weight is 588 g/mol. The fourth-order valence-corrected chi connectivity index (χ4v) is 5.23. The van der Waals surface area contributed by atoms with Crippen molar-refractivity contribution < 1.29 is 26.4 Å². The smallest absolute Gasteiger partial charge is 0.255 e. The van der Waals surface area contributed by atoms with Gasteiger partial charge in [0.25, 0.3) is 5.91 Å². The second kappa shape index (κ2) is 10.1. The number of nitrogens with zero attached hydrogens (tertiary/aromatic N) is 4. The molecule has 0 saturated carbocycles. The number of rotatable bonds is 6. The molecule has 0 bridgehead atoms. The predicted octanol–water partition coefficient (Wildman–Crippen LogP) is 5.51. The van der Waals surface area contributed by atoms with Crippen molar-refractivity contribution in [2.75, 3.05) is 24.7 Å². The van der Waals surface area contributed by atoms with E-state index in [0.29, 0.717) is 39.1 Å². The summed E-state index contributed by atoms with van der Waals surface area (Å²) in [5, 5.41) is 7.72. The van der Waals surface area contributed by atoms with E-state index in [1.807, 2.05) is 0 Å². The third-order valence-corrected chi connectivity index (χ3v) is 8.13. The summed E-state index contributed by atoms with van der Waals surface area (Å²) < 4.78 is 61.2. The van der Waals surface area contributed by atoms with Crippen LogP contribution in [-0.2, 0) is 10.0 Å². The van der Waals surface area contributed by atoms with Gasteiger partial charge in [-0.25, -0.2) is 26.7 Å². The Hall–Kier alpha value is -5.10. The van der Waals surface area contributed by atoms with Gasteiger partial charge in [-0.15, -0.1) is 0 Å². The molecule has 0 unspecified atom stereocenters. The molecule has 212 valence electrons. The van der Waals surface area contributed by atoms with Gasteiger partial charge in [-0.05, 0) is 66.7 Å². The van der Waals surface area contributed by atoms with E-state index in [0.717, 1.165) is 10.6 Å². The maximum Gasteiger partial charge on any atom is 0.255 e. The van der Waals surface area contributed by atoms with Crippen LogP contribution in [-0.4, -0.2) is 49.3 Å². The molecule has 1 amide bonds. The third-order valence-electron chi connectivity index (χ3n) is 6.94. The predicted molar refractivity (Wildman–Crippen MR) is 156 cm³/mol. The first-order valence-electron chi connectivity index (χ1n) is 12.7. The highest BCUT2D eigenvalue weighted by Crippen LogP contribution is 2.41. The SMILES string of the molecule is CNC(=O)c1c(-c2ccc(F)cc2)oc2cc(N(C)S(C)(=O)=O)c(-c3ccc4nc(-c5ccc(F)cc5)cn4n3)cc12. The molecular weight excluding hydrogens is 564 g/mol. The number of fused-ring (bicyclic) bond motifs is 2. The minimum Gasteiger partial charge on any atom is -0.455 e. The number of amides is 1. The van der Waals surface area contributed by atoms with Gasteiger partial charge in [-0.3, -0.25) is 9.10 Å². The monoisotopic (exact) mass is 587 g/mol. The molecule has 0 radical (unpaired) electrons. The first kappa shape index (κ1) is 27.1. The molecule has 0 aliphatic carbocycles. The molecule has 0 fully saturated rings. The number of imidazole rings is 1. The van der Waals surface area contributed by atoms with Gasteiger partial charge in [0.2, 0.25) is 10.0 Å². The zero-order valence-electron chi connectivity index (χ0n) is 22.6. The number of carbonyl (C=O) groups is 1. The summed E-state index contributed by atoms with van der Waals surface area (Å²) in [6, 6.07) is 18.0. The molecule has 3 heterocycles. The zero-order valence-corrected chi connectivity index (χ0v) is 23.4. The Bertz CT molecular complexity index is 2100. The lowest BCUT2D eigenvalue weighted by Gasteiger charge is -2.20. The normalized spacial score (nSPS) is 11.7. The van der Waals surface area contributed by atoms with Crippen LogP contribution in [0.25, 0.3) is 50.5 Å². The number of nitrogens with one attached hydrogen (secondary N) is 1. The zero-order chi connectivity index (χ0) is 29.8. The molecule has 1 N–H and O–H groups in total. The van der Waals surface area contributed by atoms with Crippen LogP contribution in [0.15, 0.2) is 83.4 Å². The van der Waals surface area contributed by atoms with Crippen molar-refractivity contribution in [2.45, 2.75) is 0 Å². The highest BCUT2D eigenvalue weighted by Gasteiger charge is 2.26. The summed E-state index contributed by atoms with van der Waals surface area (Å²) in [7, 11) is -0.831. The summed E-state index contributed by atoms with van der Waals surface area (Å²) in [5.74, 6) is -1.04. The number of hydrogen-bond donors (Lipinski definition) is 1. The number of halogens is 2. The molecule has 12 heteroatoms. The van der Waals surface area contributed by atoms with Crippen LogP contribution < -0.4 is 9.62 Å². The minimum atomic E-state index is -3.72. The molecule has 6 rings (SSSR count). The van der Waals surface area contributed by atoms with Crippen molar-refractivity contribution in [1.82, 2.24) is 19.9 Å². The van der Waals surface area contributed by atoms with Gasteiger partial charge in [-0.2, -0.15) is 5.10 Å². The summed E-state index contributed by atoms with van der Waals surface area (Å²) >= 11 is 0. The number of carbonyl (C=O) groups excluding carboxylic acids is 1. The van der Waals surface area contributed by atoms with Gasteiger partial charge in [0.15, 0.2) is 5.65 Å². The van der Waals surface area contributed by atoms with Gasteiger partial charge in [0.1, 0.15) is 23.0 Å². The van der Waals surface area contributed by atoms with Crippen molar-refractivity contribution in [3.63, 3.8) is 0 Å². The van der Waals surface area contributed by atoms with Crippen LogP contribution in [0.2, 0.25) is 0 Å². The molecule has 6 aromatic rings. The average Bonchev–Trinajstić information content (AvgIpc) is 3.57. The first-order valence-corrected chi connectivity index (χ1v) is 14.5. The van der Waals surface area contributed by atoms with E-state index in [1.54, 1.807) is 41.0 Å². The first-order chi connectivity index (χ1) is 20.0. The number of sulfonamides is 1. The van der Waals surface area contributed by atoms with E-state index >= 15 is 0 Å². The van der Waals surface area contributed by atoms with Crippen LogP contribution in [0.3, 0.4) is 0 Å². The maximum absolute atomic E-state index is 13.7. The molecule has 0 spiro atoms. The highest BCUT2D eigenvalue weighted by molar-refractivity contribution is 7.92. The van der Waals surface area contributed by atoms with Crippen LogP contribution in [0.1, 0.15) is 10.4 Å². The van der Waals surface area contributed by atoms with Crippen molar-refractivity contribution in [1.29, 1.82) is 0 Å². The van der Waals surface area contributed by atoms with Crippen molar-refractivity contribution in [3.05, 3.63) is 96.2 Å². The molecule has 0 atom stereocenters. The third kappa shape index (κ3) is 4.75. The molecule has 42 heavy (non-hydrogen) atoms. The van der Waals surface area contributed by atoms with Crippen LogP contribution in [0.4, 0.5) is 14.5 Å². The quantitative estimate of drug-likeness (QED) is 0.275. The summed E-state index contributed by atoms with van der Waals surface area (Å²) in [6.45, 7) is 0. The van der Waals surface area contributed by atoms with E-state index in [4.69, 9.17) is 9.52 Å². The van der Waals surface area contributed by atoms with Crippen LogP contribution in [0.5, 0.6) is 0 Å². The Balaban J connectivity index is 1.59. The summed E-state index contributed by atoms with van der Waals surface area (Å²) in [5.41, 5.74) is 3.78. The maximum atomic E-state index is 13.7.